The van der Waals surface area contributed by atoms with Gasteiger partial charge in [-0.05, 0) is 18.2 Å². The second kappa shape index (κ2) is 8.58. The molecule has 9 nitrogen and oxygen atoms in total. The summed E-state index contributed by atoms with van der Waals surface area (Å²) >= 11 is 6.04. The molecule has 4 rings (SSSR count). The minimum atomic E-state index is -3.96. The van der Waals surface area contributed by atoms with Crippen molar-refractivity contribution in [3.05, 3.63) is 75.8 Å². The summed E-state index contributed by atoms with van der Waals surface area (Å²) in [5.74, 6) is 0.658. The average molecular weight is 460 g/mol. The Morgan fingerprint density at radius 1 is 0.935 bits per heavy atom. The maximum atomic E-state index is 13.0. The van der Waals surface area contributed by atoms with Crippen molar-refractivity contribution in [1.29, 1.82) is 0 Å². The fraction of sp³-hybridized carbons (Fsp3) is 0.200. The first-order valence-electron chi connectivity index (χ1n) is 9.44. The van der Waals surface area contributed by atoms with Crippen molar-refractivity contribution in [3.8, 4) is 11.3 Å². The van der Waals surface area contributed by atoms with Crippen molar-refractivity contribution in [2.75, 3.05) is 31.1 Å². The molecule has 1 saturated heterocycles. The molecule has 0 amide bonds. The van der Waals surface area contributed by atoms with Crippen molar-refractivity contribution in [1.82, 2.24) is 14.5 Å². The van der Waals surface area contributed by atoms with Crippen LogP contribution in [0.2, 0.25) is 5.02 Å². The molecule has 2 heterocycles. The molecule has 0 atom stereocenters. The van der Waals surface area contributed by atoms with Crippen LogP contribution >= 0.6 is 11.6 Å². The Kier molecular flexibility index (Phi) is 5.86. The first-order valence-corrected chi connectivity index (χ1v) is 11.3. The van der Waals surface area contributed by atoms with Crippen molar-refractivity contribution in [2.24, 2.45) is 0 Å². The maximum Gasteiger partial charge on any atom is 0.270 e. The minimum absolute atomic E-state index is 0.0459. The number of nitrogens with zero attached hydrogens (tertiary/aromatic N) is 5. The van der Waals surface area contributed by atoms with Crippen LogP contribution in [0.15, 0.2) is 65.6 Å². The van der Waals surface area contributed by atoms with Crippen LogP contribution in [0.1, 0.15) is 0 Å². The van der Waals surface area contributed by atoms with Crippen LogP contribution in [0.5, 0.6) is 0 Å². The first kappa shape index (κ1) is 21.2. The summed E-state index contributed by atoms with van der Waals surface area (Å²) in [7, 11) is -3.96. The van der Waals surface area contributed by atoms with Gasteiger partial charge < -0.3 is 4.90 Å². The minimum Gasteiger partial charge on any atom is -0.352 e. The van der Waals surface area contributed by atoms with Crippen molar-refractivity contribution in [2.45, 2.75) is 4.90 Å². The molecule has 160 valence electrons. The number of aromatic nitrogens is 2. The lowest BCUT2D eigenvalue weighted by molar-refractivity contribution is -0.385. The number of non-ortho nitro benzene ring substituents is 1. The van der Waals surface area contributed by atoms with Gasteiger partial charge in [0.25, 0.3) is 5.69 Å². The molecule has 1 aromatic heterocycles. The van der Waals surface area contributed by atoms with Crippen LogP contribution in [-0.4, -0.2) is 54.0 Å². The molecule has 0 N–H and O–H groups in total. The lowest BCUT2D eigenvalue weighted by Crippen LogP contribution is -2.49. The van der Waals surface area contributed by atoms with Crippen molar-refractivity contribution >= 4 is 33.1 Å². The number of hydrogen-bond donors (Lipinski definition) is 0. The predicted molar refractivity (Wildman–Crippen MR) is 117 cm³/mol. The maximum absolute atomic E-state index is 13.0. The number of rotatable bonds is 5. The summed E-state index contributed by atoms with van der Waals surface area (Å²) in [6.07, 6.45) is 0. The third kappa shape index (κ3) is 4.36. The quantitative estimate of drug-likeness (QED) is 0.425. The normalized spacial score (nSPS) is 15.1. The molecule has 1 aliphatic heterocycles. The summed E-state index contributed by atoms with van der Waals surface area (Å²) in [4.78, 5) is 12.1. The van der Waals surface area contributed by atoms with Gasteiger partial charge >= 0.3 is 0 Å². The van der Waals surface area contributed by atoms with Gasteiger partial charge in [0.15, 0.2) is 5.82 Å². The number of halogens is 1. The Balaban J connectivity index is 1.47. The highest BCUT2D eigenvalue weighted by molar-refractivity contribution is 7.89. The number of anilines is 1. The average Bonchev–Trinajstić information content (AvgIpc) is 2.80. The van der Waals surface area contributed by atoms with Crippen LogP contribution in [0.25, 0.3) is 11.3 Å². The molecule has 0 saturated carbocycles. The van der Waals surface area contributed by atoms with Gasteiger partial charge in [0.2, 0.25) is 10.0 Å². The third-order valence-corrected chi connectivity index (χ3v) is 7.41. The number of piperazine rings is 1. The number of benzene rings is 2. The zero-order valence-electron chi connectivity index (χ0n) is 16.3. The highest BCUT2D eigenvalue weighted by Gasteiger charge is 2.31. The van der Waals surface area contributed by atoms with Crippen molar-refractivity contribution < 1.29 is 13.3 Å². The Morgan fingerprint density at radius 3 is 2.26 bits per heavy atom. The Labute approximate surface area is 184 Å². The molecular weight excluding hydrogens is 442 g/mol. The zero-order chi connectivity index (χ0) is 22.0. The fourth-order valence-electron chi connectivity index (χ4n) is 3.36. The SMILES string of the molecule is O=[N+]([O-])c1ccc(Cl)c(S(=O)(=O)N2CCN(c3ccc(-c4ccccc4)nn3)CC2)c1. The molecule has 0 radical (unpaired) electrons. The van der Waals surface area contributed by atoms with Gasteiger partial charge in [0, 0.05) is 43.9 Å². The molecule has 1 aliphatic rings. The van der Waals surface area contributed by atoms with Crippen LogP contribution in [0.3, 0.4) is 0 Å². The predicted octanol–water partition coefficient (Wildman–Crippen LogP) is 3.22. The molecule has 1 fully saturated rings. The topological polar surface area (TPSA) is 110 Å². The van der Waals surface area contributed by atoms with Crippen LogP contribution in [0, 0.1) is 10.1 Å². The summed E-state index contributed by atoms with van der Waals surface area (Å²) in [5.41, 5.74) is 1.40. The van der Waals surface area contributed by atoms with E-state index in [1.807, 2.05) is 47.4 Å². The molecule has 11 heteroatoms. The molecule has 3 aromatic rings. The standard InChI is InChI=1S/C20H18ClN5O4S/c21-17-7-6-16(26(27)28)14-19(17)31(29,30)25-12-10-24(11-13-25)20-9-8-18(22-23-20)15-4-2-1-3-5-15/h1-9,14H,10-13H2. The lowest BCUT2D eigenvalue weighted by Gasteiger charge is -2.34. The number of nitro groups is 1. The van der Waals surface area contributed by atoms with E-state index in [0.717, 1.165) is 17.3 Å². The van der Waals surface area contributed by atoms with Gasteiger partial charge in [0.1, 0.15) is 4.90 Å². The Morgan fingerprint density at radius 2 is 1.65 bits per heavy atom. The molecule has 31 heavy (non-hydrogen) atoms. The molecule has 2 aromatic carbocycles. The summed E-state index contributed by atoms with van der Waals surface area (Å²) in [6, 6.07) is 16.8. The molecule has 0 spiro atoms. The number of hydrogen-bond acceptors (Lipinski definition) is 7. The first-order chi connectivity index (χ1) is 14.9. The second-order valence-corrected chi connectivity index (χ2v) is 9.22. The van der Waals surface area contributed by atoms with E-state index in [1.54, 1.807) is 0 Å². The fourth-order valence-corrected chi connectivity index (χ4v) is 5.27. The number of nitro benzene ring substituents is 1. The molecule has 0 bridgehead atoms. The number of sulfonamides is 1. The van der Waals surface area contributed by atoms with Gasteiger partial charge in [0.05, 0.1) is 15.6 Å². The van der Waals surface area contributed by atoms with Gasteiger partial charge in [-0.25, -0.2) is 8.42 Å². The zero-order valence-corrected chi connectivity index (χ0v) is 17.8. The van der Waals surface area contributed by atoms with E-state index < -0.39 is 14.9 Å². The van der Waals surface area contributed by atoms with Gasteiger partial charge in [-0.15, -0.1) is 10.2 Å². The van der Waals surface area contributed by atoms with Gasteiger partial charge in [-0.1, -0.05) is 41.9 Å². The van der Waals surface area contributed by atoms with E-state index in [2.05, 4.69) is 10.2 Å². The largest absolute Gasteiger partial charge is 0.352 e. The van der Waals surface area contributed by atoms with Gasteiger partial charge in [-0.2, -0.15) is 4.31 Å². The van der Waals surface area contributed by atoms with E-state index in [-0.39, 0.29) is 28.7 Å². The highest BCUT2D eigenvalue weighted by Crippen LogP contribution is 2.29. The lowest BCUT2D eigenvalue weighted by atomic mass is 10.1. The second-order valence-electron chi connectivity index (χ2n) is 6.91. The van der Waals surface area contributed by atoms with E-state index in [9.17, 15) is 18.5 Å². The highest BCUT2D eigenvalue weighted by atomic mass is 35.5. The van der Waals surface area contributed by atoms with Crippen LogP contribution in [-0.2, 0) is 10.0 Å². The third-order valence-electron chi connectivity index (χ3n) is 5.03. The monoisotopic (exact) mass is 459 g/mol. The smallest absolute Gasteiger partial charge is 0.270 e. The summed E-state index contributed by atoms with van der Waals surface area (Å²) < 4.78 is 27.3. The summed E-state index contributed by atoms with van der Waals surface area (Å²) in [5, 5.41) is 19.5. The molecular formula is C20H18ClN5O4S. The van der Waals surface area contributed by atoms with Crippen LogP contribution in [0.4, 0.5) is 11.5 Å². The van der Waals surface area contributed by atoms with E-state index in [1.165, 1.54) is 16.4 Å². The molecule has 0 unspecified atom stereocenters. The van der Waals surface area contributed by atoms with E-state index in [4.69, 9.17) is 11.6 Å². The van der Waals surface area contributed by atoms with E-state index in [0.29, 0.717) is 18.9 Å². The Bertz CT molecular complexity index is 1200. The van der Waals surface area contributed by atoms with Gasteiger partial charge in [-0.3, -0.25) is 10.1 Å². The van der Waals surface area contributed by atoms with Crippen molar-refractivity contribution in [3.63, 3.8) is 0 Å². The molecule has 0 aliphatic carbocycles. The Hall–Kier alpha value is -3.08. The van der Waals surface area contributed by atoms with E-state index >= 15 is 0 Å². The van der Waals surface area contributed by atoms with Crippen LogP contribution < -0.4 is 4.90 Å². The summed E-state index contributed by atoms with van der Waals surface area (Å²) in [6.45, 7) is 1.21.